The van der Waals surface area contributed by atoms with E-state index in [1.807, 2.05) is 31.3 Å². The number of benzene rings is 1. The molecule has 78 valence electrons. The Morgan fingerprint density at radius 2 is 2.27 bits per heavy atom. The Bertz CT molecular complexity index is 531. The lowest BCUT2D eigenvalue weighted by atomic mass is 10.1. The molecule has 0 radical (unpaired) electrons. The van der Waals surface area contributed by atoms with Crippen molar-refractivity contribution in [3.8, 4) is 0 Å². The highest BCUT2D eigenvalue weighted by Crippen LogP contribution is 2.25. The van der Waals surface area contributed by atoms with Crippen molar-refractivity contribution in [2.75, 3.05) is 0 Å². The number of aliphatic carboxylic acids is 1. The van der Waals surface area contributed by atoms with E-state index in [-0.39, 0.29) is 6.42 Å². The predicted molar refractivity (Wildman–Crippen MR) is 59.3 cm³/mol. The van der Waals surface area contributed by atoms with Crippen LogP contribution in [0.4, 0.5) is 0 Å². The molecule has 0 saturated heterocycles. The van der Waals surface area contributed by atoms with Crippen LogP contribution >= 0.6 is 11.6 Å². The van der Waals surface area contributed by atoms with Crippen LogP contribution in [0.5, 0.6) is 0 Å². The fourth-order valence-electron chi connectivity index (χ4n) is 1.77. The lowest BCUT2D eigenvalue weighted by Gasteiger charge is -2.03. The number of rotatable bonds is 2. The summed E-state index contributed by atoms with van der Waals surface area (Å²) in [6.07, 6.45) is 0.0194. The second kappa shape index (κ2) is 3.59. The number of aryl methyl sites for hydroxylation is 1. The molecule has 1 N–H and O–H groups in total. The molecule has 15 heavy (non-hydrogen) atoms. The molecule has 1 aromatic heterocycles. The number of hydrogen-bond acceptors (Lipinski definition) is 1. The van der Waals surface area contributed by atoms with Crippen LogP contribution in [-0.4, -0.2) is 15.6 Å². The Kier molecular flexibility index (Phi) is 2.40. The van der Waals surface area contributed by atoms with Gasteiger partial charge in [0.2, 0.25) is 0 Å². The molecule has 0 aliphatic rings. The largest absolute Gasteiger partial charge is 0.481 e. The van der Waals surface area contributed by atoms with Gasteiger partial charge in [-0.1, -0.05) is 29.8 Å². The Morgan fingerprint density at radius 3 is 2.93 bits per heavy atom. The first-order chi connectivity index (χ1) is 7.09. The molecule has 0 aliphatic heterocycles. The van der Waals surface area contributed by atoms with Crippen LogP contribution in [0.1, 0.15) is 5.56 Å². The number of carboxylic acid groups (broad SMARTS) is 1. The molecule has 0 saturated carbocycles. The van der Waals surface area contributed by atoms with Crippen molar-refractivity contribution in [2.45, 2.75) is 6.42 Å². The predicted octanol–water partition coefficient (Wildman–Crippen LogP) is 2.46. The topological polar surface area (TPSA) is 42.2 Å². The van der Waals surface area contributed by atoms with E-state index in [0.717, 1.165) is 16.5 Å². The Labute approximate surface area is 91.9 Å². The molecule has 0 amide bonds. The molecular weight excluding hydrogens is 214 g/mol. The van der Waals surface area contributed by atoms with Crippen LogP contribution in [0.25, 0.3) is 10.9 Å². The third-order valence-corrected chi connectivity index (χ3v) is 2.79. The highest BCUT2D eigenvalue weighted by atomic mass is 35.5. The highest BCUT2D eigenvalue weighted by Gasteiger charge is 2.10. The van der Waals surface area contributed by atoms with E-state index in [4.69, 9.17) is 16.7 Å². The smallest absolute Gasteiger partial charge is 0.307 e. The fraction of sp³-hybridized carbons (Fsp3) is 0.182. The molecule has 0 spiro atoms. The second-order valence-electron chi connectivity index (χ2n) is 3.45. The van der Waals surface area contributed by atoms with Gasteiger partial charge in [-0.3, -0.25) is 4.79 Å². The molecule has 1 aromatic carbocycles. The van der Waals surface area contributed by atoms with Crippen molar-refractivity contribution in [1.82, 2.24) is 4.57 Å². The number of halogens is 1. The van der Waals surface area contributed by atoms with E-state index >= 15 is 0 Å². The summed E-state index contributed by atoms with van der Waals surface area (Å²) < 4.78 is 1.80. The minimum absolute atomic E-state index is 0.0194. The zero-order chi connectivity index (χ0) is 11.0. The summed E-state index contributed by atoms with van der Waals surface area (Å²) >= 11 is 5.98. The minimum atomic E-state index is -0.833. The maximum absolute atomic E-state index is 10.7. The zero-order valence-electron chi connectivity index (χ0n) is 8.20. The Hall–Kier alpha value is -1.48. The van der Waals surface area contributed by atoms with Crippen LogP contribution in [0.2, 0.25) is 5.15 Å². The maximum Gasteiger partial charge on any atom is 0.307 e. The van der Waals surface area contributed by atoms with E-state index < -0.39 is 5.97 Å². The zero-order valence-corrected chi connectivity index (χ0v) is 8.95. The molecule has 3 nitrogen and oxygen atoms in total. The molecule has 0 fully saturated rings. The van der Waals surface area contributed by atoms with Crippen molar-refractivity contribution >= 4 is 28.5 Å². The molecule has 0 atom stereocenters. The first-order valence-electron chi connectivity index (χ1n) is 4.54. The van der Waals surface area contributed by atoms with Crippen molar-refractivity contribution in [1.29, 1.82) is 0 Å². The second-order valence-corrected chi connectivity index (χ2v) is 3.84. The number of para-hydroxylation sites is 1. The first-order valence-corrected chi connectivity index (χ1v) is 4.92. The number of hydrogen-bond donors (Lipinski definition) is 1. The lowest BCUT2D eigenvalue weighted by Crippen LogP contribution is -2.02. The fourth-order valence-corrected chi connectivity index (χ4v) is 1.98. The maximum atomic E-state index is 10.7. The van der Waals surface area contributed by atoms with Crippen LogP contribution in [0.15, 0.2) is 24.3 Å². The van der Waals surface area contributed by atoms with Gasteiger partial charge >= 0.3 is 5.97 Å². The van der Waals surface area contributed by atoms with Crippen LogP contribution in [0, 0.1) is 0 Å². The molecule has 0 bridgehead atoms. The summed E-state index contributed by atoms with van der Waals surface area (Å²) in [5.41, 5.74) is 1.68. The van der Waals surface area contributed by atoms with E-state index in [1.165, 1.54) is 0 Å². The van der Waals surface area contributed by atoms with Crippen LogP contribution in [-0.2, 0) is 18.3 Å². The van der Waals surface area contributed by atoms with Gasteiger partial charge in [-0.05, 0) is 11.6 Å². The van der Waals surface area contributed by atoms with Gasteiger partial charge in [-0.25, -0.2) is 0 Å². The van der Waals surface area contributed by atoms with Gasteiger partial charge < -0.3 is 9.67 Å². The van der Waals surface area contributed by atoms with Gasteiger partial charge in [0.05, 0.1) is 11.9 Å². The summed E-state index contributed by atoms with van der Waals surface area (Å²) in [6.45, 7) is 0. The van der Waals surface area contributed by atoms with Crippen LogP contribution < -0.4 is 0 Å². The average Bonchev–Trinajstić information content (AvgIpc) is 2.43. The summed E-state index contributed by atoms with van der Waals surface area (Å²) in [7, 11) is 1.83. The highest BCUT2D eigenvalue weighted by molar-refractivity contribution is 6.31. The minimum Gasteiger partial charge on any atom is -0.481 e. The van der Waals surface area contributed by atoms with Gasteiger partial charge in [0.1, 0.15) is 5.15 Å². The van der Waals surface area contributed by atoms with Gasteiger partial charge in [-0.2, -0.15) is 0 Å². The monoisotopic (exact) mass is 223 g/mol. The van der Waals surface area contributed by atoms with Crippen molar-refractivity contribution < 1.29 is 9.90 Å². The number of fused-ring (bicyclic) bond motifs is 1. The number of carboxylic acids is 1. The Balaban J connectivity index is 2.68. The normalized spacial score (nSPS) is 10.8. The van der Waals surface area contributed by atoms with Gasteiger partial charge in [0.25, 0.3) is 0 Å². The molecular formula is C11H10ClNO2. The van der Waals surface area contributed by atoms with Gasteiger partial charge in [-0.15, -0.1) is 0 Å². The summed E-state index contributed by atoms with van der Waals surface area (Å²) in [5, 5.41) is 10.4. The van der Waals surface area contributed by atoms with Gasteiger partial charge in [0, 0.05) is 12.4 Å². The number of aromatic nitrogens is 1. The third-order valence-electron chi connectivity index (χ3n) is 2.42. The van der Waals surface area contributed by atoms with E-state index in [1.54, 1.807) is 4.57 Å². The summed E-state index contributed by atoms with van der Waals surface area (Å²) in [4.78, 5) is 10.7. The quantitative estimate of drug-likeness (QED) is 0.850. The van der Waals surface area contributed by atoms with Crippen molar-refractivity contribution in [3.05, 3.63) is 35.0 Å². The van der Waals surface area contributed by atoms with Crippen molar-refractivity contribution in [3.63, 3.8) is 0 Å². The van der Waals surface area contributed by atoms with E-state index in [9.17, 15) is 4.79 Å². The SMILES string of the molecule is Cn1c(Cl)cc2cccc(CC(=O)O)c21. The number of carbonyl (C=O) groups is 1. The third kappa shape index (κ3) is 1.70. The van der Waals surface area contributed by atoms with E-state index in [2.05, 4.69) is 0 Å². The molecule has 0 aliphatic carbocycles. The molecule has 0 unspecified atom stereocenters. The first kappa shape index (κ1) is 10.1. The molecule has 2 rings (SSSR count). The van der Waals surface area contributed by atoms with Gasteiger partial charge in [0.15, 0.2) is 0 Å². The molecule has 1 heterocycles. The average molecular weight is 224 g/mol. The van der Waals surface area contributed by atoms with Crippen LogP contribution in [0.3, 0.4) is 0 Å². The standard InChI is InChI=1S/C11H10ClNO2/c1-13-9(12)5-7-3-2-4-8(11(7)13)6-10(14)15/h2-5H,6H2,1H3,(H,14,15). The lowest BCUT2D eigenvalue weighted by molar-refractivity contribution is -0.136. The van der Waals surface area contributed by atoms with Crippen molar-refractivity contribution in [2.24, 2.45) is 7.05 Å². The molecule has 4 heteroatoms. The molecule has 2 aromatic rings. The van der Waals surface area contributed by atoms with E-state index in [0.29, 0.717) is 5.15 Å². The summed E-state index contributed by atoms with van der Waals surface area (Å²) in [6, 6.07) is 7.42. The summed E-state index contributed by atoms with van der Waals surface area (Å²) in [5.74, 6) is -0.833. The number of nitrogens with zero attached hydrogens (tertiary/aromatic N) is 1. The Morgan fingerprint density at radius 1 is 1.53 bits per heavy atom.